The van der Waals surface area contributed by atoms with E-state index in [4.69, 9.17) is 10.5 Å². The number of rotatable bonds is 4. The standard InChI is InChI=1S/C17H20N2O2/c1-11-6-4-5-7-14(11)12(2)19-17(20)15-10-13(21-3)8-9-16(15)18/h4-10,12H,18H2,1-3H3,(H,19,20)/t12-/m1/s1. The highest BCUT2D eigenvalue weighted by molar-refractivity contribution is 5.99. The van der Waals surface area contributed by atoms with Crippen LogP contribution in [0.15, 0.2) is 42.5 Å². The molecule has 2 aromatic rings. The third kappa shape index (κ3) is 3.34. The maximum atomic E-state index is 12.4. The Morgan fingerprint density at radius 2 is 1.95 bits per heavy atom. The molecule has 4 heteroatoms. The van der Waals surface area contributed by atoms with Gasteiger partial charge in [0, 0.05) is 5.69 Å². The molecule has 0 aliphatic rings. The number of aryl methyl sites for hydroxylation is 1. The first-order valence-corrected chi connectivity index (χ1v) is 6.83. The van der Waals surface area contributed by atoms with Crippen molar-refractivity contribution in [2.75, 3.05) is 12.8 Å². The van der Waals surface area contributed by atoms with Crippen LogP contribution in [0.5, 0.6) is 5.75 Å². The van der Waals surface area contributed by atoms with Gasteiger partial charge in [-0.2, -0.15) is 0 Å². The third-order valence-electron chi connectivity index (χ3n) is 3.51. The van der Waals surface area contributed by atoms with E-state index in [9.17, 15) is 4.79 Å². The first-order chi connectivity index (χ1) is 10.0. The summed E-state index contributed by atoms with van der Waals surface area (Å²) in [5.74, 6) is 0.403. The smallest absolute Gasteiger partial charge is 0.253 e. The predicted molar refractivity (Wildman–Crippen MR) is 84.5 cm³/mol. The molecule has 3 N–H and O–H groups in total. The van der Waals surface area contributed by atoms with E-state index in [1.54, 1.807) is 25.3 Å². The van der Waals surface area contributed by atoms with Crippen LogP contribution in [-0.2, 0) is 0 Å². The number of ether oxygens (including phenoxy) is 1. The molecule has 0 aliphatic carbocycles. The maximum Gasteiger partial charge on any atom is 0.253 e. The monoisotopic (exact) mass is 284 g/mol. The zero-order valence-electron chi connectivity index (χ0n) is 12.5. The molecular formula is C17H20N2O2. The van der Waals surface area contributed by atoms with E-state index < -0.39 is 0 Å². The lowest BCUT2D eigenvalue weighted by Gasteiger charge is -2.17. The number of nitrogens with one attached hydrogen (secondary N) is 1. The van der Waals surface area contributed by atoms with Gasteiger partial charge in [-0.15, -0.1) is 0 Å². The van der Waals surface area contributed by atoms with Crippen LogP contribution in [0.1, 0.15) is 34.5 Å². The molecule has 1 amide bonds. The van der Waals surface area contributed by atoms with Gasteiger partial charge in [0.15, 0.2) is 0 Å². The minimum atomic E-state index is -0.206. The van der Waals surface area contributed by atoms with E-state index in [2.05, 4.69) is 5.32 Å². The summed E-state index contributed by atoms with van der Waals surface area (Å²) < 4.78 is 5.13. The van der Waals surface area contributed by atoms with Crippen molar-refractivity contribution in [3.05, 3.63) is 59.2 Å². The van der Waals surface area contributed by atoms with E-state index in [1.165, 1.54) is 0 Å². The summed E-state index contributed by atoms with van der Waals surface area (Å²) in [6.07, 6.45) is 0. The van der Waals surface area contributed by atoms with Crippen molar-refractivity contribution in [2.24, 2.45) is 0 Å². The summed E-state index contributed by atoms with van der Waals surface area (Å²) in [6.45, 7) is 3.98. The molecule has 0 saturated carbocycles. The molecule has 0 unspecified atom stereocenters. The lowest BCUT2D eigenvalue weighted by molar-refractivity contribution is 0.0940. The molecule has 0 fully saturated rings. The molecule has 0 heterocycles. The van der Waals surface area contributed by atoms with Gasteiger partial charge in [0.1, 0.15) is 5.75 Å². The molecule has 0 radical (unpaired) electrons. The number of benzene rings is 2. The number of nitrogen functional groups attached to an aromatic ring is 1. The average molecular weight is 284 g/mol. The first kappa shape index (κ1) is 14.9. The van der Waals surface area contributed by atoms with Gasteiger partial charge in [-0.05, 0) is 43.2 Å². The molecule has 2 rings (SSSR count). The van der Waals surface area contributed by atoms with E-state index in [-0.39, 0.29) is 11.9 Å². The van der Waals surface area contributed by atoms with Crippen molar-refractivity contribution in [3.63, 3.8) is 0 Å². The van der Waals surface area contributed by atoms with Crippen LogP contribution < -0.4 is 15.8 Å². The summed E-state index contributed by atoms with van der Waals surface area (Å²) in [5, 5.41) is 2.97. The Bertz CT molecular complexity index is 653. The van der Waals surface area contributed by atoms with Gasteiger partial charge in [0.05, 0.1) is 18.7 Å². The Hall–Kier alpha value is -2.49. The van der Waals surface area contributed by atoms with Crippen LogP contribution in [0.25, 0.3) is 0 Å². The number of hydrogen-bond donors (Lipinski definition) is 2. The summed E-state index contributed by atoms with van der Waals surface area (Å²) >= 11 is 0. The topological polar surface area (TPSA) is 64.3 Å². The zero-order chi connectivity index (χ0) is 15.4. The Kier molecular flexibility index (Phi) is 4.48. The SMILES string of the molecule is COc1ccc(N)c(C(=O)N[C@H](C)c2ccccc2C)c1. The Labute approximate surface area is 124 Å². The summed E-state index contributed by atoms with van der Waals surface area (Å²) in [6, 6.07) is 12.9. The van der Waals surface area contributed by atoms with Crippen molar-refractivity contribution in [1.29, 1.82) is 0 Å². The average Bonchev–Trinajstić information content (AvgIpc) is 2.48. The van der Waals surface area contributed by atoms with Gasteiger partial charge < -0.3 is 15.8 Å². The van der Waals surface area contributed by atoms with Crippen molar-refractivity contribution < 1.29 is 9.53 Å². The molecule has 0 spiro atoms. The van der Waals surface area contributed by atoms with Crippen LogP contribution in [0.3, 0.4) is 0 Å². The first-order valence-electron chi connectivity index (χ1n) is 6.83. The third-order valence-corrected chi connectivity index (χ3v) is 3.51. The van der Waals surface area contributed by atoms with Crippen molar-refractivity contribution in [3.8, 4) is 5.75 Å². The summed E-state index contributed by atoms with van der Waals surface area (Å²) in [5.41, 5.74) is 8.97. The van der Waals surface area contributed by atoms with E-state index in [1.807, 2.05) is 38.1 Å². The van der Waals surface area contributed by atoms with E-state index in [0.717, 1.165) is 11.1 Å². The molecule has 1 atom stereocenters. The van der Waals surface area contributed by atoms with Crippen LogP contribution >= 0.6 is 0 Å². The Balaban J connectivity index is 2.20. The largest absolute Gasteiger partial charge is 0.497 e. The number of anilines is 1. The number of carbonyl (C=O) groups is 1. The second-order valence-electron chi connectivity index (χ2n) is 5.00. The molecular weight excluding hydrogens is 264 g/mol. The fraction of sp³-hybridized carbons (Fsp3) is 0.235. The minimum Gasteiger partial charge on any atom is -0.497 e. The van der Waals surface area contributed by atoms with Crippen LogP contribution in [0.4, 0.5) is 5.69 Å². The number of amides is 1. The maximum absolute atomic E-state index is 12.4. The highest BCUT2D eigenvalue weighted by Gasteiger charge is 2.15. The summed E-state index contributed by atoms with van der Waals surface area (Å²) in [4.78, 5) is 12.4. The molecule has 0 aromatic heterocycles. The van der Waals surface area contributed by atoms with Gasteiger partial charge in [-0.25, -0.2) is 0 Å². The van der Waals surface area contributed by atoms with Crippen molar-refractivity contribution in [2.45, 2.75) is 19.9 Å². The lowest BCUT2D eigenvalue weighted by Crippen LogP contribution is -2.27. The molecule has 0 aliphatic heterocycles. The molecule has 0 saturated heterocycles. The van der Waals surface area contributed by atoms with Crippen molar-refractivity contribution >= 4 is 11.6 Å². The number of carbonyl (C=O) groups excluding carboxylic acids is 1. The van der Waals surface area contributed by atoms with Gasteiger partial charge in [0.25, 0.3) is 5.91 Å². The number of nitrogens with two attached hydrogens (primary N) is 1. The van der Waals surface area contributed by atoms with Crippen LogP contribution in [0.2, 0.25) is 0 Å². The Morgan fingerprint density at radius 3 is 2.62 bits per heavy atom. The predicted octanol–water partition coefficient (Wildman–Crippen LogP) is 3.08. The second kappa shape index (κ2) is 6.31. The lowest BCUT2D eigenvalue weighted by atomic mass is 10.0. The number of hydrogen-bond acceptors (Lipinski definition) is 3. The molecule has 21 heavy (non-hydrogen) atoms. The molecule has 0 bridgehead atoms. The van der Waals surface area contributed by atoms with Crippen molar-refractivity contribution in [1.82, 2.24) is 5.32 Å². The normalized spacial score (nSPS) is 11.8. The van der Waals surface area contributed by atoms with Crippen LogP contribution in [-0.4, -0.2) is 13.0 Å². The van der Waals surface area contributed by atoms with E-state index >= 15 is 0 Å². The highest BCUT2D eigenvalue weighted by atomic mass is 16.5. The minimum absolute atomic E-state index is 0.0932. The quantitative estimate of drug-likeness (QED) is 0.848. The summed E-state index contributed by atoms with van der Waals surface area (Å²) in [7, 11) is 1.56. The van der Waals surface area contributed by atoms with Gasteiger partial charge in [-0.3, -0.25) is 4.79 Å². The van der Waals surface area contributed by atoms with E-state index in [0.29, 0.717) is 17.0 Å². The fourth-order valence-electron chi connectivity index (χ4n) is 2.28. The number of methoxy groups -OCH3 is 1. The van der Waals surface area contributed by atoms with Gasteiger partial charge >= 0.3 is 0 Å². The van der Waals surface area contributed by atoms with Gasteiger partial charge in [-0.1, -0.05) is 24.3 Å². The fourth-order valence-corrected chi connectivity index (χ4v) is 2.28. The Morgan fingerprint density at radius 1 is 1.24 bits per heavy atom. The molecule has 4 nitrogen and oxygen atoms in total. The second-order valence-corrected chi connectivity index (χ2v) is 5.00. The zero-order valence-corrected chi connectivity index (χ0v) is 12.5. The highest BCUT2D eigenvalue weighted by Crippen LogP contribution is 2.22. The van der Waals surface area contributed by atoms with Gasteiger partial charge in [0.2, 0.25) is 0 Å². The van der Waals surface area contributed by atoms with Crippen LogP contribution in [0, 0.1) is 6.92 Å². The molecule has 2 aromatic carbocycles. The molecule has 110 valence electrons.